The van der Waals surface area contributed by atoms with Crippen molar-refractivity contribution in [1.82, 2.24) is 9.88 Å². The summed E-state index contributed by atoms with van der Waals surface area (Å²) in [5.41, 5.74) is 1.56. The summed E-state index contributed by atoms with van der Waals surface area (Å²) in [4.78, 5) is 33.4. The highest BCUT2D eigenvalue weighted by Gasteiger charge is 2.24. The fraction of sp³-hybridized carbons (Fsp3) is 0.174. The highest BCUT2D eigenvalue weighted by molar-refractivity contribution is 6.36. The van der Waals surface area contributed by atoms with Gasteiger partial charge >= 0.3 is 0 Å². The fourth-order valence-corrected chi connectivity index (χ4v) is 4.04. The third-order valence-corrected chi connectivity index (χ3v) is 5.96. The van der Waals surface area contributed by atoms with Gasteiger partial charge in [0.05, 0.1) is 22.5 Å². The Hall–Kier alpha value is -2.80. The molecule has 4 rings (SSSR count). The van der Waals surface area contributed by atoms with E-state index in [1.807, 2.05) is 6.07 Å². The molecule has 0 unspecified atom stereocenters. The maximum atomic E-state index is 12.8. The molecule has 1 aromatic heterocycles. The molecule has 1 aliphatic heterocycles. The molecular formula is C23H19Cl3N4O2. The monoisotopic (exact) mass is 488 g/mol. The summed E-state index contributed by atoms with van der Waals surface area (Å²) in [7, 11) is 0. The van der Waals surface area contributed by atoms with E-state index in [2.05, 4.69) is 15.2 Å². The van der Waals surface area contributed by atoms with Crippen LogP contribution in [0.2, 0.25) is 15.1 Å². The van der Waals surface area contributed by atoms with Gasteiger partial charge in [0.25, 0.3) is 11.8 Å². The van der Waals surface area contributed by atoms with Crippen LogP contribution in [0.4, 0.5) is 11.5 Å². The van der Waals surface area contributed by atoms with Crippen molar-refractivity contribution in [3.63, 3.8) is 0 Å². The molecule has 2 aromatic carbocycles. The maximum Gasteiger partial charge on any atom is 0.255 e. The van der Waals surface area contributed by atoms with Gasteiger partial charge in [0.15, 0.2) is 0 Å². The first-order valence-corrected chi connectivity index (χ1v) is 11.1. The van der Waals surface area contributed by atoms with Crippen molar-refractivity contribution in [3.05, 3.63) is 87.0 Å². The second kappa shape index (κ2) is 9.77. The minimum absolute atomic E-state index is 0.112. The standard InChI is InChI=1S/C23H19Cl3N4O2/c24-16-3-1-15(2-4-16)22(31)28-18-6-8-21(27-14-18)29-9-11-30(12-10-29)23(32)19-7-5-17(25)13-20(19)26/h1-8,13-14H,9-12H2,(H,28,31). The van der Waals surface area contributed by atoms with E-state index in [0.29, 0.717) is 58.1 Å². The molecular weight excluding hydrogens is 471 g/mol. The Bertz CT molecular complexity index is 1130. The van der Waals surface area contributed by atoms with Crippen LogP contribution in [-0.2, 0) is 0 Å². The number of carbonyl (C=O) groups is 2. The Morgan fingerprint density at radius 2 is 1.53 bits per heavy atom. The van der Waals surface area contributed by atoms with Crippen molar-refractivity contribution in [3.8, 4) is 0 Å². The zero-order valence-electron chi connectivity index (χ0n) is 16.9. The number of nitrogens with one attached hydrogen (secondary N) is 1. The lowest BCUT2D eigenvalue weighted by molar-refractivity contribution is 0.0746. The molecule has 164 valence electrons. The summed E-state index contributed by atoms with van der Waals surface area (Å²) in [6.07, 6.45) is 1.62. The van der Waals surface area contributed by atoms with Gasteiger partial charge in [-0.15, -0.1) is 0 Å². The van der Waals surface area contributed by atoms with Crippen molar-refractivity contribution in [1.29, 1.82) is 0 Å². The highest BCUT2D eigenvalue weighted by Crippen LogP contribution is 2.24. The Morgan fingerprint density at radius 3 is 2.16 bits per heavy atom. The van der Waals surface area contributed by atoms with Crippen molar-refractivity contribution < 1.29 is 9.59 Å². The molecule has 2 amide bonds. The van der Waals surface area contributed by atoms with Crippen LogP contribution in [-0.4, -0.2) is 47.9 Å². The smallest absolute Gasteiger partial charge is 0.255 e. The Morgan fingerprint density at radius 1 is 0.844 bits per heavy atom. The second-order valence-corrected chi connectivity index (χ2v) is 8.55. The highest BCUT2D eigenvalue weighted by atomic mass is 35.5. The first-order chi connectivity index (χ1) is 15.4. The van der Waals surface area contributed by atoms with Crippen LogP contribution in [0, 0.1) is 0 Å². The Balaban J connectivity index is 1.34. The number of pyridine rings is 1. The molecule has 1 saturated heterocycles. The van der Waals surface area contributed by atoms with Crippen molar-refractivity contribution >= 4 is 58.1 Å². The Labute approximate surface area is 200 Å². The largest absolute Gasteiger partial charge is 0.353 e. The summed E-state index contributed by atoms with van der Waals surface area (Å²) in [5.74, 6) is 0.440. The lowest BCUT2D eigenvalue weighted by Crippen LogP contribution is -2.49. The first-order valence-electron chi connectivity index (χ1n) is 9.93. The molecule has 0 atom stereocenters. The van der Waals surface area contributed by atoms with Crippen molar-refractivity contribution in [2.45, 2.75) is 0 Å². The predicted octanol–water partition coefficient (Wildman–Crippen LogP) is 5.26. The van der Waals surface area contributed by atoms with E-state index in [0.717, 1.165) is 5.82 Å². The number of benzene rings is 2. The van der Waals surface area contributed by atoms with Gasteiger partial charge in [-0.3, -0.25) is 9.59 Å². The van der Waals surface area contributed by atoms with Gasteiger partial charge in [-0.2, -0.15) is 0 Å². The van der Waals surface area contributed by atoms with Crippen LogP contribution < -0.4 is 10.2 Å². The summed E-state index contributed by atoms with van der Waals surface area (Å²) < 4.78 is 0. The molecule has 0 radical (unpaired) electrons. The molecule has 0 saturated carbocycles. The maximum absolute atomic E-state index is 12.8. The molecule has 2 heterocycles. The molecule has 1 aliphatic rings. The molecule has 32 heavy (non-hydrogen) atoms. The van der Waals surface area contributed by atoms with Crippen LogP contribution in [0.25, 0.3) is 0 Å². The summed E-state index contributed by atoms with van der Waals surface area (Å²) in [6.45, 7) is 2.38. The number of hydrogen-bond donors (Lipinski definition) is 1. The fourth-order valence-electron chi connectivity index (χ4n) is 3.42. The number of rotatable bonds is 4. The number of piperazine rings is 1. The summed E-state index contributed by atoms with van der Waals surface area (Å²) in [6, 6.07) is 15.2. The van der Waals surface area contributed by atoms with Gasteiger partial charge in [0, 0.05) is 41.8 Å². The number of amides is 2. The van der Waals surface area contributed by atoms with Gasteiger partial charge in [-0.1, -0.05) is 34.8 Å². The average Bonchev–Trinajstić information content (AvgIpc) is 2.80. The van der Waals surface area contributed by atoms with Crippen LogP contribution >= 0.6 is 34.8 Å². The van der Waals surface area contributed by atoms with Gasteiger partial charge in [-0.25, -0.2) is 4.98 Å². The molecule has 9 heteroatoms. The Kier molecular flexibility index (Phi) is 6.84. The predicted molar refractivity (Wildman–Crippen MR) is 128 cm³/mol. The third-order valence-electron chi connectivity index (χ3n) is 5.16. The van der Waals surface area contributed by atoms with Gasteiger partial charge in [0.1, 0.15) is 5.82 Å². The number of aromatic nitrogens is 1. The van der Waals surface area contributed by atoms with Crippen LogP contribution in [0.15, 0.2) is 60.8 Å². The lowest BCUT2D eigenvalue weighted by Gasteiger charge is -2.35. The summed E-state index contributed by atoms with van der Waals surface area (Å²) in [5, 5.41) is 4.24. The van der Waals surface area contributed by atoms with E-state index in [1.54, 1.807) is 59.6 Å². The molecule has 0 aliphatic carbocycles. The van der Waals surface area contributed by atoms with E-state index in [4.69, 9.17) is 34.8 Å². The summed E-state index contributed by atoms with van der Waals surface area (Å²) >= 11 is 18.0. The number of carbonyl (C=O) groups excluding carboxylic acids is 2. The number of hydrogen-bond acceptors (Lipinski definition) is 4. The number of halogens is 3. The molecule has 3 aromatic rings. The van der Waals surface area contributed by atoms with E-state index in [1.165, 1.54) is 0 Å². The second-order valence-electron chi connectivity index (χ2n) is 7.27. The van der Waals surface area contributed by atoms with Crippen LogP contribution in [0.5, 0.6) is 0 Å². The normalized spacial score (nSPS) is 13.7. The number of nitrogens with zero attached hydrogens (tertiary/aromatic N) is 3. The molecule has 1 fully saturated rings. The molecule has 6 nitrogen and oxygen atoms in total. The van der Waals surface area contributed by atoms with Crippen molar-refractivity contribution in [2.75, 3.05) is 36.4 Å². The van der Waals surface area contributed by atoms with E-state index < -0.39 is 0 Å². The molecule has 0 spiro atoms. The quantitative estimate of drug-likeness (QED) is 0.543. The third kappa shape index (κ3) is 5.15. The van der Waals surface area contributed by atoms with E-state index >= 15 is 0 Å². The lowest BCUT2D eigenvalue weighted by atomic mass is 10.1. The number of anilines is 2. The van der Waals surface area contributed by atoms with Crippen LogP contribution in [0.3, 0.4) is 0 Å². The van der Waals surface area contributed by atoms with E-state index in [-0.39, 0.29) is 11.8 Å². The van der Waals surface area contributed by atoms with E-state index in [9.17, 15) is 9.59 Å². The minimum atomic E-state index is -0.232. The zero-order chi connectivity index (χ0) is 22.7. The van der Waals surface area contributed by atoms with Gasteiger partial charge in [0.2, 0.25) is 0 Å². The van der Waals surface area contributed by atoms with Gasteiger partial charge in [-0.05, 0) is 54.6 Å². The first kappa shape index (κ1) is 22.4. The molecule has 1 N–H and O–H groups in total. The van der Waals surface area contributed by atoms with Crippen molar-refractivity contribution in [2.24, 2.45) is 0 Å². The zero-order valence-corrected chi connectivity index (χ0v) is 19.2. The SMILES string of the molecule is O=C(Nc1ccc(N2CCN(C(=O)c3ccc(Cl)cc3Cl)CC2)nc1)c1ccc(Cl)cc1. The minimum Gasteiger partial charge on any atom is -0.353 e. The van der Waals surface area contributed by atoms with Gasteiger partial charge < -0.3 is 15.1 Å². The van der Waals surface area contributed by atoms with Crippen LogP contribution in [0.1, 0.15) is 20.7 Å². The topological polar surface area (TPSA) is 65.5 Å². The average molecular weight is 490 g/mol. The molecule has 0 bridgehead atoms.